The fourth-order valence-electron chi connectivity index (χ4n) is 3.78. The van der Waals surface area contributed by atoms with Crippen LogP contribution in [0.15, 0.2) is 30.3 Å². The van der Waals surface area contributed by atoms with Gasteiger partial charge in [-0.25, -0.2) is 4.79 Å². The number of nitrogens with one attached hydrogen (secondary N) is 1. The first kappa shape index (κ1) is 27.7. The molecule has 0 saturated carbocycles. The van der Waals surface area contributed by atoms with Crippen molar-refractivity contribution in [2.45, 2.75) is 70.2 Å². The van der Waals surface area contributed by atoms with Crippen molar-refractivity contribution >= 4 is 29.8 Å². The molecule has 1 aromatic rings. The third-order valence-electron chi connectivity index (χ3n) is 5.12. The number of carbonyl (C=O) groups excluding carboxylic acids is 4. The lowest BCUT2D eigenvalue weighted by Crippen LogP contribution is -2.62. The summed E-state index contributed by atoms with van der Waals surface area (Å²) in [4.78, 5) is 59.6. The van der Waals surface area contributed by atoms with Crippen LogP contribution in [0.2, 0.25) is 0 Å². The molecular formula is C23H29NO11. The summed E-state index contributed by atoms with van der Waals surface area (Å²) < 4.78 is 21.4. The number of carboxylic acids is 1. The molecule has 12 heteroatoms. The molecule has 1 heterocycles. The Bertz CT molecular complexity index is 919. The summed E-state index contributed by atoms with van der Waals surface area (Å²) >= 11 is 0. The molecule has 0 spiro atoms. The van der Waals surface area contributed by atoms with E-state index in [1.54, 1.807) is 30.3 Å². The van der Waals surface area contributed by atoms with E-state index in [2.05, 4.69) is 5.32 Å². The average molecular weight is 495 g/mol. The Hall–Kier alpha value is -3.51. The van der Waals surface area contributed by atoms with Crippen molar-refractivity contribution in [3.8, 4) is 0 Å². The highest BCUT2D eigenvalue weighted by atomic mass is 16.6. The Morgan fingerprint density at radius 1 is 0.886 bits per heavy atom. The summed E-state index contributed by atoms with van der Waals surface area (Å²) in [5, 5.41) is 21.7. The van der Waals surface area contributed by atoms with Crippen molar-refractivity contribution in [1.82, 2.24) is 5.32 Å². The Kier molecular flexibility index (Phi) is 10.2. The summed E-state index contributed by atoms with van der Waals surface area (Å²) in [5.74, 6) is -4.36. The lowest BCUT2D eigenvalue weighted by Gasteiger charge is -2.44. The molecule has 1 aliphatic rings. The van der Waals surface area contributed by atoms with Gasteiger partial charge in [0.15, 0.2) is 18.3 Å². The van der Waals surface area contributed by atoms with Gasteiger partial charge in [-0.1, -0.05) is 30.3 Å². The molecule has 12 nitrogen and oxygen atoms in total. The van der Waals surface area contributed by atoms with Gasteiger partial charge in [0.1, 0.15) is 18.2 Å². The summed E-state index contributed by atoms with van der Waals surface area (Å²) in [6.07, 6.45) is -7.04. The van der Waals surface area contributed by atoms with Crippen molar-refractivity contribution < 1.29 is 53.1 Å². The van der Waals surface area contributed by atoms with Crippen molar-refractivity contribution in [1.29, 1.82) is 0 Å². The molecule has 1 aliphatic heterocycles. The fraction of sp³-hybridized carbons (Fsp3) is 0.522. The molecule has 0 radical (unpaired) electrons. The zero-order valence-electron chi connectivity index (χ0n) is 19.5. The van der Waals surface area contributed by atoms with E-state index >= 15 is 0 Å². The van der Waals surface area contributed by atoms with Crippen LogP contribution in [-0.4, -0.2) is 83.2 Å². The number of hydrogen-bond donors (Lipinski definition) is 3. The minimum absolute atomic E-state index is 0.0185. The van der Waals surface area contributed by atoms with Crippen molar-refractivity contribution in [2.24, 2.45) is 0 Å². The maximum absolute atomic E-state index is 12.8. The predicted molar refractivity (Wildman–Crippen MR) is 117 cm³/mol. The normalized spacial score (nSPS) is 24.5. The van der Waals surface area contributed by atoms with Gasteiger partial charge >= 0.3 is 23.9 Å². The van der Waals surface area contributed by atoms with Crippen LogP contribution in [0.3, 0.4) is 0 Å². The van der Waals surface area contributed by atoms with Gasteiger partial charge in [0.05, 0.1) is 13.0 Å². The van der Waals surface area contributed by atoms with Crippen molar-refractivity contribution in [2.75, 3.05) is 6.61 Å². The van der Waals surface area contributed by atoms with Gasteiger partial charge in [-0.3, -0.25) is 19.2 Å². The van der Waals surface area contributed by atoms with E-state index in [1.807, 2.05) is 0 Å². The summed E-state index contributed by atoms with van der Waals surface area (Å²) in [6.45, 7) is 2.59. The highest BCUT2D eigenvalue weighted by Crippen LogP contribution is 2.30. The van der Waals surface area contributed by atoms with Gasteiger partial charge in [0.2, 0.25) is 5.91 Å². The smallest absolute Gasteiger partial charge is 0.326 e. The number of hydrogen-bond acceptors (Lipinski definition) is 10. The molecule has 192 valence electrons. The third kappa shape index (κ3) is 8.34. The maximum Gasteiger partial charge on any atom is 0.326 e. The van der Waals surface area contributed by atoms with Crippen LogP contribution in [0.4, 0.5) is 0 Å². The molecule has 0 bridgehead atoms. The number of aliphatic hydroxyl groups excluding tert-OH is 1. The number of ether oxygens (including phenoxy) is 4. The molecule has 6 unspecified atom stereocenters. The molecule has 1 fully saturated rings. The topological polar surface area (TPSA) is 175 Å². The number of amides is 1. The number of aliphatic carboxylic acids is 1. The van der Waals surface area contributed by atoms with E-state index in [9.17, 15) is 34.2 Å². The highest BCUT2D eigenvalue weighted by molar-refractivity contribution is 5.84. The molecule has 1 aromatic carbocycles. The second kappa shape index (κ2) is 12.8. The first-order chi connectivity index (χ1) is 16.5. The Labute approximate surface area is 201 Å². The number of aliphatic hydroxyl groups is 1. The minimum atomic E-state index is -1.39. The van der Waals surface area contributed by atoms with Crippen LogP contribution in [0.25, 0.3) is 0 Å². The van der Waals surface area contributed by atoms with E-state index < -0.39 is 79.4 Å². The molecular weight excluding hydrogens is 466 g/mol. The summed E-state index contributed by atoms with van der Waals surface area (Å²) in [7, 11) is 0. The van der Waals surface area contributed by atoms with Gasteiger partial charge in [-0.2, -0.15) is 0 Å². The second-order valence-electron chi connectivity index (χ2n) is 7.97. The number of rotatable bonds is 10. The van der Waals surface area contributed by atoms with Crippen molar-refractivity contribution in [3.63, 3.8) is 0 Å². The molecule has 2 rings (SSSR count). The summed E-state index contributed by atoms with van der Waals surface area (Å²) in [5.41, 5.74) is 0.686. The lowest BCUT2D eigenvalue weighted by atomic mass is 9.92. The van der Waals surface area contributed by atoms with Crippen LogP contribution >= 0.6 is 0 Å². The fourth-order valence-corrected chi connectivity index (χ4v) is 3.78. The molecule has 0 aliphatic carbocycles. The first-order valence-corrected chi connectivity index (χ1v) is 10.9. The second-order valence-corrected chi connectivity index (χ2v) is 7.97. The maximum atomic E-state index is 12.8. The standard InChI is InChI=1S/C23H29NO11/c1-12(26)32-20-17(35-18(11-25)21(33-13(2)27)22(20)34-14(3)28)10-19(29)24-16(23(30)31)9-15-7-5-4-6-8-15/h4-8,16-18,20-22,25H,9-11H2,1-3H3,(H,24,29)(H,30,31). The van der Waals surface area contributed by atoms with Gasteiger partial charge in [0.25, 0.3) is 0 Å². The first-order valence-electron chi connectivity index (χ1n) is 10.9. The predicted octanol–water partition coefficient (Wildman–Crippen LogP) is -0.257. The molecule has 35 heavy (non-hydrogen) atoms. The molecule has 1 saturated heterocycles. The zero-order chi connectivity index (χ0) is 26.1. The highest BCUT2D eigenvalue weighted by Gasteiger charge is 2.52. The van der Waals surface area contributed by atoms with E-state index in [0.717, 1.165) is 20.8 Å². The Morgan fingerprint density at radius 3 is 1.89 bits per heavy atom. The van der Waals surface area contributed by atoms with Gasteiger partial charge in [-0.15, -0.1) is 0 Å². The third-order valence-corrected chi connectivity index (χ3v) is 5.12. The van der Waals surface area contributed by atoms with Crippen molar-refractivity contribution in [3.05, 3.63) is 35.9 Å². The molecule has 0 aromatic heterocycles. The van der Waals surface area contributed by atoms with E-state index in [1.165, 1.54) is 0 Å². The SMILES string of the molecule is CC(=O)OC1C(CO)OC(CC(=O)NC(Cc2ccccc2)C(=O)O)C(OC(C)=O)C1OC(C)=O. The monoisotopic (exact) mass is 495 g/mol. The Balaban J connectivity index is 2.26. The average Bonchev–Trinajstić information content (AvgIpc) is 2.76. The largest absolute Gasteiger partial charge is 0.480 e. The number of carboxylic acid groups (broad SMARTS) is 1. The number of benzene rings is 1. The van der Waals surface area contributed by atoms with E-state index in [4.69, 9.17) is 18.9 Å². The summed E-state index contributed by atoms with van der Waals surface area (Å²) in [6, 6.07) is 7.42. The lowest BCUT2D eigenvalue weighted by molar-refractivity contribution is -0.251. The van der Waals surface area contributed by atoms with E-state index in [-0.39, 0.29) is 6.42 Å². The number of esters is 3. The minimum Gasteiger partial charge on any atom is -0.480 e. The van der Waals surface area contributed by atoms with Crippen LogP contribution in [0.1, 0.15) is 32.8 Å². The van der Waals surface area contributed by atoms with Crippen LogP contribution in [-0.2, 0) is 49.3 Å². The van der Waals surface area contributed by atoms with Crippen LogP contribution in [0.5, 0.6) is 0 Å². The Morgan fingerprint density at radius 2 is 1.40 bits per heavy atom. The van der Waals surface area contributed by atoms with Gasteiger partial charge in [0, 0.05) is 27.2 Å². The number of carbonyl (C=O) groups is 5. The molecule has 6 atom stereocenters. The zero-order valence-corrected chi connectivity index (χ0v) is 19.5. The van der Waals surface area contributed by atoms with E-state index in [0.29, 0.717) is 5.56 Å². The van der Waals surface area contributed by atoms with Crippen LogP contribution in [0, 0.1) is 0 Å². The van der Waals surface area contributed by atoms with Crippen LogP contribution < -0.4 is 5.32 Å². The molecule has 3 N–H and O–H groups in total. The quantitative estimate of drug-likeness (QED) is 0.288. The molecule has 1 amide bonds. The van der Waals surface area contributed by atoms with Gasteiger partial charge < -0.3 is 34.5 Å². The van der Waals surface area contributed by atoms with Gasteiger partial charge in [-0.05, 0) is 5.56 Å².